The molecule has 0 aliphatic carbocycles. The second kappa shape index (κ2) is 4.59. The molecule has 0 unspecified atom stereocenters. The normalized spacial score (nSPS) is 17.3. The van der Waals surface area contributed by atoms with Gasteiger partial charge in [0, 0.05) is 13.1 Å². The van der Waals surface area contributed by atoms with Gasteiger partial charge >= 0.3 is 0 Å². The molecule has 0 N–H and O–H groups in total. The van der Waals surface area contributed by atoms with Gasteiger partial charge in [-0.25, -0.2) is 0 Å². The van der Waals surface area contributed by atoms with Gasteiger partial charge in [0.05, 0.1) is 0 Å². The first-order valence-corrected chi connectivity index (χ1v) is 5.43. The summed E-state index contributed by atoms with van der Waals surface area (Å²) >= 11 is 0. The van der Waals surface area contributed by atoms with Crippen LogP contribution in [0.15, 0.2) is 30.3 Å². The summed E-state index contributed by atoms with van der Waals surface area (Å²) in [7, 11) is 0. The van der Waals surface area contributed by atoms with Gasteiger partial charge in [-0.15, -0.1) is 5.73 Å². The summed E-state index contributed by atoms with van der Waals surface area (Å²) in [6.45, 7) is 15.7. The highest BCUT2D eigenvalue weighted by atomic mass is 16.5. The first-order valence-electron chi connectivity index (χ1n) is 5.43. The Hall–Kier alpha value is -1.14. The Kier molecular flexibility index (Phi) is 3.65. The number of rotatable bonds is 2. The predicted molar refractivity (Wildman–Crippen MR) is 63.4 cm³/mol. The lowest BCUT2D eigenvalue weighted by atomic mass is 10.1. The largest absolute Gasteiger partial charge is 0.474 e. The van der Waals surface area contributed by atoms with E-state index in [2.05, 4.69) is 23.8 Å². The average Bonchev–Trinajstić information content (AvgIpc) is 2.15. The number of nitrogens with zero attached hydrogens (tertiary/aromatic N) is 1. The monoisotopic (exact) mass is 207 g/mol. The summed E-state index contributed by atoms with van der Waals surface area (Å²) in [5.74, 6) is 0.783. The molecule has 1 fully saturated rings. The van der Waals surface area contributed by atoms with E-state index in [0.29, 0.717) is 0 Å². The van der Waals surface area contributed by atoms with E-state index >= 15 is 0 Å². The van der Waals surface area contributed by atoms with E-state index in [1.54, 1.807) is 0 Å². The Morgan fingerprint density at radius 3 is 2.27 bits per heavy atom. The maximum Gasteiger partial charge on any atom is 0.182 e. The lowest BCUT2D eigenvalue weighted by molar-refractivity contribution is 0.00108. The van der Waals surface area contributed by atoms with Gasteiger partial charge in [0.2, 0.25) is 0 Å². The van der Waals surface area contributed by atoms with Crippen molar-refractivity contribution >= 4 is 0 Å². The van der Waals surface area contributed by atoms with Crippen molar-refractivity contribution in [1.82, 2.24) is 4.90 Å². The van der Waals surface area contributed by atoms with Crippen LogP contribution in [0.4, 0.5) is 0 Å². The summed E-state index contributed by atoms with van der Waals surface area (Å²) in [6, 6.07) is 0. The van der Waals surface area contributed by atoms with E-state index in [1.807, 2.05) is 20.8 Å². The van der Waals surface area contributed by atoms with Crippen LogP contribution in [0.2, 0.25) is 0 Å². The van der Waals surface area contributed by atoms with E-state index < -0.39 is 0 Å². The van der Waals surface area contributed by atoms with E-state index in [-0.39, 0.29) is 5.60 Å². The number of hydrogen-bond acceptors (Lipinski definition) is 2. The zero-order chi connectivity index (χ0) is 11.5. The molecule has 84 valence electrons. The van der Waals surface area contributed by atoms with Crippen LogP contribution in [0.25, 0.3) is 0 Å². The van der Waals surface area contributed by atoms with E-state index in [1.165, 1.54) is 5.57 Å². The Morgan fingerprint density at radius 1 is 1.33 bits per heavy atom. The lowest BCUT2D eigenvalue weighted by Crippen LogP contribution is -2.34. The molecule has 15 heavy (non-hydrogen) atoms. The molecule has 0 saturated carbocycles. The second-order valence-electron chi connectivity index (χ2n) is 4.88. The molecule has 1 aliphatic heterocycles. The average molecular weight is 207 g/mol. The van der Waals surface area contributed by atoms with Crippen LogP contribution in [0.5, 0.6) is 0 Å². The third-order valence-electron chi connectivity index (χ3n) is 2.39. The maximum absolute atomic E-state index is 5.73. The number of likely N-dealkylation sites (tertiary alicyclic amines) is 1. The highest BCUT2D eigenvalue weighted by Crippen LogP contribution is 2.21. The maximum atomic E-state index is 5.73. The molecule has 0 aromatic carbocycles. The van der Waals surface area contributed by atoms with Crippen LogP contribution < -0.4 is 0 Å². The Morgan fingerprint density at radius 2 is 1.87 bits per heavy atom. The third-order valence-corrected chi connectivity index (χ3v) is 2.39. The standard InChI is InChI=1S/C13H21NO/c1-6-12-7-9-14(10-8-12)11(2)15-13(3,4)5/h1-2,7-10H2,3-5H3. The van der Waals surface area contributed by atoms with Crippen LogP contribution in [-0.4, -0.2) is 23.6 Å². The minimum absolute atomic E-state index is 0.161. The smallest absolute Gasteiger partial charge is 0.182 e. The molecule has 2 heteroatoms. The van der Waals surface area contributed by atoms with Crippen LogP contribution in [0.1, 0.15) is 33.6 Å². The highest BCUT2D eigenvalue weighted by molar-refractivity contribution is 5.05. The number of hydrogen-bond donors (Lipinski definition) is 0. The summed E-state index contributed by atoms with van der Waals surface area (Å²) in [6.07, 6.45) is 2.05. The molecule has 2 nitrogen and oxygen atoms in total. The highest BCUT2D eigenvalue weighted by Gasteiger charge is 2.19. The molecular formula is C13H21NO. The molecule has 0 bridgehead atoms. The summed E-state index contributed by atoms with van der Waals surface area (Å²) in [4.78, 5) is 2.19. The van der Waals surface area contributed by atoms with E-state index in [4.69, 9.17) is 4.74 Å². The third kappa shape index (κ3) is 3.85. The molecule has 1 saturated heterocycles. The summed E-state index contributed by atoms with van der Waals surface area (Å²) in [5, 5.41) is 0. The minimum Gasteiger partial charge on any atom is -0.474 e. The van der Waals surface area contributed by atoms with Gasteiger partial charge in [-0.05, 0) is 45.8 Å². The SMILES string of the molecule is C=C=C1CCN(C(=C)OC(C)(C)C)CC1. The van der Waals surface area contributed by atoms with Crippen molar-refractivity contribution in [3.05, 3.63) is 30.3 Å². The van der Waals surface area contributed by atoms with Crippen LogP contribution >= 0.6 is 0 Å². The quantitative estimate of drug-likeness (QED) is 0.509. The Balaban J connectivity index is 2.47. The van der Waals surface area contributed by atoms with Crippen LogP contribution in [0, 0.1) is 0 Å². The van der Waals surface area contributed by atoms with Crippen molar-refractivity contribution in [2.75, 3.05) is 13.1 Å². The van der Waals surface area contributed by atoms with Crippen molar-refractivity contribution in [3.8, 4) is 0 Å². The summed E-state index contributed by atoms with van der Waals surface area (Å²) < 4.78 is 5.73. The molecule has 0 aromatic heterocycles. The topological polar surface area (TPSA) is 12.5 Å². The van der Waals surface area contributed by atoms with Gasteiger partial charge in [0.25, 0.3) is 0 Å². The summed E-state index contributed by atoms with van der Waals surface area (Å²) in [5.41, 5.74) is 4.13. The van der Waals surface area contributed by atoms with Crippen LogP contribution in [0.3, 0.4) is 0 Å². The van der Waals surface area contributed by atoms with Gasteiger partial charge in [-0.1, -0.05) is 6.58 Å². The van der Waals surface area contributed by atoms with Crippen molar-refractivity contribution in [1.29, 1.82) is 0 Å². The van der Waals surface area contributed by atoms with Crippen molar-refractivity contribution in [3.63, 3.8) is 0 Å². The predicted octanol–water partition coefficient (Wildman–Crippen LogP) is 3.08. The van der Waals surface area contributed by atoms with Crippen molar-refractivity contribution < 1.29 is 4.74 Å². The lowest BCUT2D eigenvalue weighted by Gasteiger charge is -2.34. The fraction of sp³-hybridized carbons (Fsp3) is 0.615. The first kappa shape index (κ1) is 11.9. The fourth-order valence-electron chi connectivity index (χ4n) is 1.62. The molecule has 0 radical (unpaired) electrons. The molecule has 0 atom stereocenters. The van der Waals surface area contributed by atoms with Crippen LogP contribution in [-0.2, 0) is 4.74 Å². The molecule has 1 heterocycles. The Bertz CT molecular complexity index is 282. The zero-order valence-electron chi connectivity index (χ0n) is 10.1. The molecule has 0 spiro atoms. The van der Waals surface area contributed by atoms with Gasteiger partial charge < -0.3 is 9.64 Å². The van der Waals surface area contributed by atoms with Crippen molar-refractivity contribution in [2.24, 2.45) is 0 Å². The van der Waals surface area contributed by atoms with Crippen molar-refractivity contribution in [2.45, 2.75) is 39.2 Å². The Labute approximate surface area is 92.9 Å². The fourth-order valence-corrected chi connectivity index (χ4v) is 1.62. The van der Waals surface area contributed by atoms with Gasteiger partial charge in [0.15, 0.2) is 5.88 Å². The molecule has 0 aromatic rings. The van der Waals surface area contributed by atoms with Gasteiger partial charge in [-0.3, -0.25) is 0 Å². The first-order chi connectivity index (χ1) is 6.92. The van der Waals surface area contributed by atoms with Gasteiger partial charge in [0.1, 0.15) is 5.60 Å². The molecule has 1 aliphatic rings. The number of piperidine rings is 1. The zero-order valence-corrected chi connectivity index (χ0v) is 10.1. The second-order valence-corrected chi connectivity index (χ2v) is 4.88. The molecule has 0 amide bonds. The van der Waals surface area contributed by atoms with E-state index in [9.17, 15) is 0 Å². The molecule has 1 rings (SSSR count). The van der Waals surface area contributed by atoms with E-state index in [0.717, 1.165) is 31.8 Å². The van der Waals surface area contributed by atoms with Gasteiger partial charge in [-0.2, -0.15) is 0 Å². The molecular weight excluding hydrogens is 186 g/mol. The minimum atomic E-state index is -0.161. The number of ether oxygens (including phenoxy) is 1.